The maximum absolute atomic E-state index is 10.5. The zero-order chi connectivity index (χ0) is 19.3. The predicted molar refractivity (Wildman–Crippen MR) is 114 cm³/mol. The first-order chi connectivity index (χ1) is 13.2. The number of rotatable bonds is 11. The lowest BCUT2D eigenvalue weighted by Crippen LogP contribution is -2.37. The van der Waals surface area contributed by atoms with Crippen molar-refractivity contribution < 1.29 is 14.6 Å². The van der Waals surface area contributed by atoms with Gasteiger partial charge in [-0.25, -0.2) is 0 Å². The molecular formula is C21H36N2O3S. The van der Waals surface area contributed by atoms with Gasteiger partial charge in [-0.05, 0) is 38.3 Å². The van der Waals surface area contributed by atoms with Gasteiger partial charge >= 0.3 is 0 Å². The van der Waals surface area contributed by atoms with E-state index in [1.165, 1.54) is 32.1 Å². The molecule has 1 aliphatic heterocycles. The summed E-state index contributed by atoms with van der Waals surface area (Å²) in [5.41, 5.74) is 1.09. The number of aliphatic hydroxyl groups excluding tert-OH is 1. The molecule has 0 bridgehead atoms. The van der Waals surface area contributed by atoms with E-state index in [1.807, 2.05) is 30.0 Å². The lowest BCUT2D eigenvalue weighted by molar-refractivity contribution is 0.0650. The van der Waals surface area contributed by atoms with Crippen molar-refractivity contribution in [3.8, 4) is 11.5 Å². The molecule has 1 heterocycles. The number of β-amino-alcohol motifs (C(OH)–C–C–N with tert-alkyl or cyclic N) is 1. The van der Waals surface area contributed by atoms with E-state index in [-0.39, 0.29) is 0 Å². The fraction of sp³-hybridized carbons (Fsp3) is 0.714. The number of nitrogens with zero attached hydrogens (tertiary/aromatic N) is 1. The first-order valence-corrected chi connectivity index (χ1v) is 11.5. The summed E-state index contributed by atoms with van der Waals surface area (Å²) in [7, 11) is 1.66. The van der Waals surface area contributed by atoms with E-state index in [1.54, 1.807) is 7.11 Å². The van der Waals surface area contributed by atoms with Gasteiger partial charge in [0.2, 0.25) is 0 Å². The quantitative estimate of drug-likeness (QED) is 0.561. The van der Waals surface area contributed by atoms with Crippen LogP contribution < -0.4 is 14.8 Å². The molecule has 2 rings (SSSR count). The molecule has 5 nitrogen and oxygen atoms in total. The minimum Gasteiger partial charge on any atom is -0.497 e. The summed E-state index contributed by atoms with van der Waals surface area (Å²) in [5, 5.41) is 13.9. The van der Waals surface area contributed by atoms with E-state index in [0.29, 0.717) is 13.2 Å². The Balaban J connectivity index is 1.85. The highest BCUT2D eigenvalue weighted by molar-refractivity contribution is 7.98. The molecule has 1 aromatic rings. The number of nitrogens with one attached hydrogen (secondary N) is 1. The van der Waals surface area contributed by atoms with Gasteiger partial charge in [0.15, 0.2) is 0 Å². The second kappa shape index (κ2) is 13.3. The largest absolute Gasteiger partial charge is 0.497 e. The molecule has 0 amide bonds. The van der Waals surface area contributed by atoms with E-state index in [2.05, 4.69) is 16.5 Å². The zero-order valence-corrected chi connectivity index (χ0v) is 17.7. The third-order valence-electron chi connectivity index (χ3n) is 4.92. The number of benzene rings is 1. The van der Waals surface area contributed by atoms with Gasteiger partial charge in [0.05, 0.1) is 7.11 Å². The monoisotopic (exact) mass is 396 g/mol. The van der Waals surface area contributed by atoms with Gasteiger partial charge in [-0.15, -0.1) is 0 Å². The molecule has 1 aromatic carbocycles. The zero-order valence-electron chi connectivity index (χ0n) is 16.9. The molecule has 27 heavy (non-hydrogen) atoms. The molecule has 0 saturated carbocycles. The van der Waals surface area contributed by atoms with Gasteiger partial charge in [0.25, 0.3) is 0 Å². The van der Waals surface area contributed by atoms with Crippen LogP contribution in [0.1, 0.15) is 37.7 Å². The Kier molecular flexibility index (Phi) is 11.0. The maximum Gasteiger partial charge on any atom is 0.127 e. The fourth-order valence-corrected chi connectivity index (χ4v) is 3.72. The SMILES string of the molecule is COc1ccc(CNCCSC)c(OCC(O)CN2CCCCCCC2)c1. The van der Waals surface area contributed by atoms with Crippen LogP contribution in [0.15, 0.2) is 18.2 Å². The highest BCUT2D eigenvalue weighted by Crippen LogP contribution is 2.25. The van der Waals surface area contributed by atoms with Crippen molar-refractivity contribution in [2.24, 2.45) is 0 Å². The van der Waals surface area contributed by atoms with Crippen LogP contribution in [-0.2, 0) is 6.54 Å². The van der Waals surface area contributed by atoms with Crippen LogP contribution in [0.3, 0.4) is 0 Å². The third-order valence-corrected chi connectivity index (χ3v) is 5.53. The Morgan fingerprint density at radius 1 is 1.19 bits per heavy atom. The summed E-state index contributed by atoms with van der Waals surface area (Å²) in [6.07, 6.45) is 8.05. The Morgan fingerprint density at radius 2 is 1.93 bits per heavy atom. The second-order valence-electron chi connectivity index (χ2n) is 7.18. The summed E-state index contributed by atoms with van der Waals surface area (Å²) in [6.45, 7) is 4.88. The summed E-state index contributed by atoms with van der Waals surface area (Å²) in [5.74, 6) is 2.65. The normalized spacial score (nSPS) is 17.1. The predicted octanol–water partition coefficient (Wildman–Crippen LogP) is 3.15. The molecule has 0 aliphatic carbocycles. The average molecular weight is 397 g/mol. The van der Waals surface area contributed by atoms with Crippen molar-refractivity contribution >= 4 is 11.8 Å². The average Bonchev–Trinajstić information content (AvgIpc) is 2.66. The minimum absolute atomic E-state index is 0.307. The van der Waals surface area contributed by atoms with Crippen LogP contribution >= 0.6 is 11.8 Å². The third kappa shape index (κ3) is 8.73. The molecule has 0 aromatic heterocycles. The van der Waals surface area contributed by atoms with Crippen LogP contribution in [-0.4, -0.2) is 68.0 Å². The molecule has 1 atom stereocenters. The molecular weight excluding hydrogens is 360 g/mol. The number of ether oxygens (including phenoxy) is 2. The van der Waals surface area contributed by atoms with Crippen LogP contribution in [0, 0.1) is 0 Å². The lowest BCUT2D eigenvalue weighted by atomic mass is 10.1. The molecule has 0 spiro atoms. The molecule has 1 unspecified atom stereocenters. The minimum atomic E-state index is -0.479. The van der Waals surface area contributed by atoms with E-state index in [4.69, 9.17) is 9.47 Å². The molecule has 1 saturated heterocycles. The molecule has 154 valence electrons. The number of hydrogen-bond acceptors (Lipinski definition) is 6. The number of hydrogen-bond donors (Lipinski definition) is 2. The molecule has 0 radical (unpaired) electrons. The summed E-state index contributed by atoms with van der Waals surface area (Å²) in [6, 6.07) is 5.90. The van der Waals surface area contributed by atoms with E-state index in [9.17, 15) is 5.11 Å². The topological polar surface area (TPSA) is 54.0 Å². The standard InChI is InChI=1S/C21H36N2O3S/c1-25-20-9-8-18(15-22-10-13-27-2)21(14-20)26-17-19(24)16-23-11-6-4-3-5-7-12-23/h8-9,14,19,22,24H,3-7,10-13,15-17H2,1-2H3. The van der Waals surface area contributed by atoms with Crippen molar-refractivity contribution in [3.05, 3.63) is 23.8 Å². The molecule has 1 fully saturated rings. The first kappa shape index (κ1) is 22.3. The van der Waals surface area contributed by atoms with E-state index in [0.717, 1.165) is 49.0 Å². The van der Waals surface area contributed by atoms with Crippen LogP contribution in [0.2, 0.25) is 0 Å². The van der Waals surface area contributed by atoms with Crippen molar-refractivity contribution in [1.82, 2.24) is 10.2 Å². The Bertz CT molecular complexity index is 522. The van der Waals surface area contributed by atoms with Gasteiger partial charge in [0.1, 0.15) is 24.2 Å². The van der Waals surface area contributed by atoms with Crippen LogP contribution in [0.5, 0.6) is 11.5 Å². The highest BCUT2D eigenvalue weighted by atomic mass is 32.2. The molecule has 1 aliphatic rings. The Hall–Kier alpha value is -0.950. The number of aliphatic hydroxyl groups is 1. The second-order valence-corrected chi connectivity index (χ2v) is 8.16. The Morgan fingerprint density at radius 3 is 2.63 bits per heavy atom. The molecule has 6 heteroatoms. The Labute approximate surface area is 168 Å². The van der Waals surface area contributed by atoms with Gasteiger partial charge in [-0.3, -0.25) is 0 Å². The first-order valence-electron chi connectivity index (χ1n) is 10.1. The van der Waals surface area contributed by atoms with Gasteiger partial charge in [0, 0.05) is 37.0 Å². The number of likely N-dealkylation sites (tertiary alicyclic amines) is 1. The maximum atomic E-state index is 10.5. The summed E-state index contributed by atoms with van der Waals surface area (Å²) in [4.78, 5) is 2.38. The van der Waals surface area contributed by atoms with E-state index >= 15 is 0 Å². The van der Waals surface area contributed by atoms with Crippen LogP contribution in [0.25, 0.3) is 0 Å². The van der Waals surface area contributed by atoms with Crippen molar-refractivity contribution in [1.29, 1.82) is 0 Å². The van der Waals surface area contributed by atoms with Gasteiger partial charge < -0.3 is 24.8 Å². The summed E-state index contributed by atoms with van der Waals surface area (Å²) < 4.78 is 11.3. The van der Waals surface area contributed by atoms with Gasteiger partial charge in [-0.1, -0.05) is 25.3 Å². The van der Waals surface area contributed by atoms with Crippen molar-refractivity contribution in [2.45, 2.75) is 44.8 Å². The smallest absolute Gasteiger partial charge is 0.127 e. The number of thioether (sulfide) groups is 1. The lowest BCUT2D eigenvalue weighted by Gasteiger charge is -2.27. The summed E-state index contributed by atoms with van der Waals surface area (Å²) >= 11 is 1.83. The van der Waals surface area contributed by atoms with Crippen LogP contribution in [0.4, 0.5) is 0 Å². The number of methoxy groups -OCH3 is 1. The fourth-order valence-electron chi connectivity index (χ4n) is 3.37. The van der Waals surface area contributed by atoms with Crippen molar-refractivity contribution in [2.75, 3.05) is 51.9 Å². The van der Waals surface area contributed by atoms with Gasteiger partial charge in [-0.2, -0.15) is 11.8 Å². The van der Waals surface area contributed by atoms with E-state index < -0.39 is 6.10 Å². The highest BCUT2D eigenvalue weighted by Gasteiger charge is 2.15. The molecule has 2 N–H and O–H groups in total. The van der Waals surface area contributed by atoms with Crippen molar-refractivity contribution in [3.63, 3.8) is 0 Å².